The van der Waals surface area contributed by atoms with Crippen LogP contribution in [0.5, 0.6) is 0 Å². The van der Waals surface area contributed by atoms with Gasteiger partial charge in [-0.05, 0) is 32.6 Å². The van der Waals surface area contributed by atoms with Gasteiger partial charge >= 0.3 is 5.97 Å². The number of esters is 1. The molecule has 1 aliphatic carbocycles. The summed E-state index contributed by atoms with van der Waals surface area (Å²) in [6, 6.07) is 0. The summed E-state index contributed by atoms with van der Waals surface area (Å²) in [5, 5.41) is 1.13. The van der Waals surface area contributed by atoms with Crippen LogP contribution in [0.2, 0.25) is 0 Å². The lowest BCUT2D eigenvalue weighted by Crippen LogP contribution is -2.11. The Morgan fingerprint density at radius 1 is 1.39 bits per heavy atom. The summed E-state index contributed by atoms with van der Waals surface area (Å²) in [7, 11) is 0. The fourth-order valence-corrected chi connectivity index (χ4v) is 3.57. The maximum Gasteiger partial charge on any atom is 0.358 e. The van der Waals surface area contributed by atoms with Crippen molar-refractivity contribution in [2.75, 3.05) is 6.61 Å². The van der Waals surface area contributed by atoms with Crippen molar-refractivity contribution in [3.05, 3.63) is 15.6 Å². The highest BCUT2D eigenvalue weighted by molar-refractivity contribution is 7.12. The Kier molecular flexibility index (Phi) is 4.38. The normalized spacial score (nSPS) is 23.9. The van der Waals surface area contributed by atoms with Crippen LogP contribution in [0.25, 0.3) is 0 Å². The van der Waals surface area contributed by atoms with E-state index in [-0.39, 0.29) is 5.97 Å². The lowest BCUT2D eigenvalue weighted by molar-refractivity contribution is 0.0519. The molecule has 18 heavy (non-hydrogen) atoms. The number of nitrogens with zero attached hydrogens (tertiary/aromatic N) is 1. The zero-order chi connectivity index (χ0) is 13.1. The van der Waals surface area contributed by atoms with Crippen LogP contribution in [0.1, 0.15) is 65.8 Å². The van der Waals surface area contributed by atoms with E-state index in [2.05, 4.69) is 11.9 Å². The minimum absolute atomic E-state index is 0.276. The molecule has 1 fully saturated rings. The van der Waals surface area contributed by atoms with Gasteiger partial charge in [-0.2, -0.15) is 0 Å². The lowest BCUT2D eigenvalue weighted by atomic mass is 9.83. The highest BCUT2D eigenvalue weighted by Crippen LogP contribution is 2.37. The summed E-state index contributed by atoms with van der Waals surface area (Å²) >= 11 is 1.66. The molecule has 0 aromatic carbocycles. The molecule has 3 nitrogen and oxygen atoms in total. The van der Waals surface area contributed by atoms with E-state index in [9.17, 15) is 4.79 Å². The predicted molar refractivity (Wildman–Crippen MR) is 73.2 cm³/mol. The van der Waals surface area contributed by atoms with Crippen molar-refractivity contribution in [3.8, 4) is 0 Å². The third-order valence-corrected chi connectivity index (χ3v) is 4.78. The van der Waals surface area contributed by atoms with E-state index in [0.29, 0.717) is 18.2 Å². The van der Waals surface area contributed by atoms with Crippen LogP contribution in [0.3, 0.4) is 0 Å². The average Bonchev–Trinajstić information content (AvgIpc) is 2.72. The molecule has 2 rings (SSSR count). The van der Waals surface area contributed by atoms with Crippen LogP contribution in [-0.4, -0.2) is 17.6 Å². The lowest BCUT2D eigenvalue weighted by Gasteiger charge is -2.24. The van der Waals surface area contributed by atoms with Gasteiger partial charge in [0.2, 0.25) is 0 Å². The van der Waals surface area contributed by atoms with E-state index in [4.69, 9.17) is 4.74 Å². The Hall–Kier alpha value is -0.900. The third kappa shape index (κ3) is 2.91. The summed E-state index contributed by atoms with van der Waals surface area (Å²) in [6.45, 7) is 6.50. The Bertz CT molecular complexity index is 419. The zero-order valence-corrected chi connectivity index (χ0v) is 12.2. The van der Waals surface area contributed by atoms with Crippen LogP contribution < -0.4 is 0 Å². The molecule has 1 saturated carbocycles. The minimum atomic E-state index is -0.276. The molecule has 1 aromatic heterocycles. The van der Waals surface area contributed by atoms with Crippen molar-refractivity contribution in [1.29, 1.82) is 0 Å². The van der Waals surface area contributed by atoms with Gasteiger partial charge < -0.3 is 4.74 Å². The van der Waals surface area contributed by atoms with Crippen molar-refractivity contribution >= 4 is 17.3 Å². The smallest absolute Gasteiger partial charge is 0.358 e. The number of aryl methyl sites for hydroxylation is 1. The summed E-state index contributed by atoms with van der Waals surface area (Å²) in [4.78, 5) is 17.2. The molecule has 1 heterocycles. The number of aromatic nitrogens is 1. The highest BCUT2D eigenvalue weighted by atomic mass is 32.1. The molecule has 0 saturated heterocycles. The topological polar surface area (TPSA) is 39.2 Å². The second-order valence-electron chi connectivity index (χ2n) is 5.13. The monoisotopic (exact) mass is 267 g/mol. The third-order valence-electron chi connectivity index (χ3n) is 3.65. The number of thiazole rings is 1. The summed E-state index contributed by atoms with van der Waals surface area (Å²) in [6.07, 6.45) is 4.96. The maximum absolute atomic E-state index is 11.7. The molecule has 0 atom stereocenters. The zero-order valence-electron chi connectivity index (χ0n) is 11.4. The van der Waals surface area contributed by atoms with Crippen molar-refractivity contribution in [1.82, 2.24) is 4.98 Å². The number of hydrogen-bond donors (Lipinski definition) is 0. The summed E-state index contributed by atoms with van der Waals surface area (Å²) in [5.74, 6) is 1.11. The molecule has 1 aromatic rings. The van der Waals surface area contributed by atoms with Crippen molar-refractivity contribution < 1.29 is 9.53 Å². The fraction of sp³-hybridized carbons (Fsp3) is 0.714. The molecule has 1 aliphatic rings. The second-order valence-corrected chi connectivity index (χ2v) is 6.37. The first kappa shape index (κ1) is 13.5. The predicted octanol–water partition coefficient (Wildman–Crippen LogP) is 3.92. The molecule has 0 aliphatic heterocycles. The molecular weight excluding hydrogens is 246 g/mol. The fourth-order valence-electron chi connectivity index (χ4n) is 2.49. The van der Waals surface area contributed by atoms with Crippen LogP contribution in [-0.2, 0) is 4.74 Å². The van der Waals surface area contributed by atoms with Crippen molar-refractivity contribution in [3.63, 3.8) is 0 Å². The summed E-state index contributed by atoms with van der Waals surface area (Å²) in [5.41, 5.74) is 0.524. The van der Waals surface area contributed by atoms with Crippen molar-refractivity contribution in [2.45, 2.75) is 52.4 Å². The Balaban J connectivity index is 2.11. The Morgan fingerprint density at radius 2 is 2.06 bits per heavy atom. The molecule has 4 heteroatoms. The second kappa shape index (κ2) is 5.83. The number of carbonyl (C=O) groups is 1. The van der Waals surface area contributed by atoms with Crippen LogP contribution in [0.4, 0.5) is 0 Å². The Labute approximate surface area is 113 Å². The molecule has 100 valence electrons. The molecule has 0 unspecified atom stereocenters. The molecule has 0 radical (unpaired) electrons. The number of hydrogen-bond acceptors (Lipinski definition) is 4. The first-order valence-corrected chi connectivity index (χ1v) is 7.58. The van der Waals surface area contributed by atoms with E-state index < -0.39 is 0 Å². The van der Waals surface area contributed by atoms with Gasteiger partial charge in [0.25, 0.3) is 0 Å². The average molecular weight is 267 g/mol. The van der Waals surface area contributed by atoms with Gasteiger partial charge in [-0.15, -0.1) is 11.3 Å². The minimum Gasteiger partial charge on any atom is -0.461 e. The molecule has 0 amide bonds. The van der Waals surface area contributed by atoms with Gasteiger partial charge in [-0.3, -0.25) is 0 Å². The first-order valence-electron chi connectivity index (χ1n) is 6.76. The van der Waals surface area contributed by atoms with E-state index in [1.807, 2.05) is 13.8 Å². The largest absolute Gasteiger partial charge is 0.461 e. The summed E-state index contributed by atoms with van der Waals surface area (Å²) < 4.78 is 5.03. The standard InChI is InChI=1S/C14H21NO2S/c1-4-17-14(16)12-10(3)18-13(15-12)11-7-5-9(2)6-8-11/h9,11H,4-8H2,1-3H3. The molecular formula is C14H21NO2S. The van der Waals surface area contributed by atoms with Gasteiger partial charge in [0.15, 0.2) is 5.69 Å². The quantitative estimate of drug-likeness (QED) is 0.779. The number of rotatable bonds is 3. The highest BCUT2D eigenvalue weighted by Gasteiger charge is 2.25. The van der Waals surface area contributed by atoms with Crippen molar-refractivity contribution in [2.24, 2.45) is 5.92 Å². The van der Waals surface area contributed by atoms with Gasteiger partial charge in [0, 0.05) is 10.8 Å². The molecule has 0 N–H and O–H groups in total. The number of ether oxygens (including phenoxy) is 1. The van der Waals surface area contributed by atoms with Crippen LogP contribution in [0, 0.1) is 12.8 Å². The van der Waals surface area contributed by atoms with Crippen LogP contribution in [0.15, 0.2) is 0 Å². The first-order chi connectivity index (χ1) is 8.61. The molecule has 0 spiro atoms. The van der Waals surface area contributed by atoms with Crippen LogP contribution >= 0.6 is 11.3 Å². The molecule has 0 bridgehead atoms. The van der Waals surface area contributed by atoms with Gasteiger partial charge in [0.05, 0.1) is 11.6 Å². The maximum atomic E-state index is 11.7. The van der Waals surface area contributed by atoms with Gasteiger partial charge in [0.1, 0.15) is 0 Å². The van der Waals surface area contributed by atoms with E-state index in [1.54, 1.807) is 11.3 Å². The van der Waals surface area contributed by atoms with E-state index in [1.165, 1.54) is 25.7 Å². The number of carbonyl (C=O) groups excluding carboxylic acids is 1. The van der Waals surface area contributed by atoms with Gasteiger partial charge in [-0.25, -0.2) is 9.78 Å². The van der Waals surface area contributed by atoms with E-state index in [0.717, 1.165) is 15.8 Å². The Morgan fingerprint density at radius 3 is 2.67 bits per heavy atom. The SMILES string of the molecule is CCOC(=O)c1nc(C2CCC(C)CC2)sc1C. The van der Waals surface area contributed by atoms with Gasteiger partial charge in [-0.1, -0.05) is 19.8 Å². The van der Waals surface area contributed by atoms with E-state index >= 15 is 0 Å².